The van der Waals surface area contributed by atoms with E-state index in [0.717, 1.165) is 11.6 Å². The number of halogens is 1. The summed E-state index contributed by atoms with van der Waals surface area (Å²) in [5.41, 5.74) is 1.45. The fourth-order valence-electron chi connectivity index (χ4n) is 2.24. The molecule has 0 heterocycles. The van der Waals surface area contributed by atoms with Gasteiger partial charge >= 0.3 is 0 Å². The first-order chi connectivity index (χ1) is 8.94. The molecule has 108 valence electrons. The number of hydrogen-bond acceptors (Lipinski definition) is 1. The van der Waals surface area contributed by atoms with Gasteiger partial charge in [0.1, 0.15) is 0 Å². The van der Waals surface area contributed by atoms with Crippen LogP contribution in [0.1, 0.15) is 64.9 Å². The third kappa shape index (κ3) is 6.44. The Hall–Kier alpha value is -0.530. The molecule has 0 aliphatic rings. The van der Waals surface area contributed by atoms with Crippen molar-refractivity contribution in [3.05, 3.63) is 34.9 Å². The Balaban J connectivity index is 2.71. The van der Waals surface area contributed by atoms with Crippen LogP contribution in [0.15, 0.2) is 24.3 Å². The monoisotopic (exact) mass is 281 g/mol. The van der Waals surface area contributed by atoms with Crippen molar-refractivity contribution in [2.45, 2.75) is 64.8 Å². The number of benzene rings is 1. The average molecular weight is 282 g/mol. The van der Waals surface area contributed by atoms with Gasteiger partial charge in [0.05, 0.1) is 0 Å². The van der Waals surface area contributed by atoms with Crippen LogP contribution in [-0.2, 0) is 0 Å². The summed E-state index contributed by atoms with van der Waals surface area (Å²) in [5.74, 6) is 0.513. The lowest BCUT2D eigenvalue weighted by molar-refractivity contribution is 0.394. The van der Waals surface area contributed by atoms with Crippen LogP contribution < -0.4 is 5.32 Å². The van der Waals surface area contributed by atoms with Crippen LogP contribution in [0.3, 0.4) is 0 Å². The highest BCUT2D eigenvalue weighted by Gasteiger charge is 2.17. The SMILES string of the molecule is CCCCCC(CNC(C)(C)C)c1ccccc1Cl. The van der Waals surface area contributed by atoms with E-state index >= 15 is 0 Å². The molecule has 0 aliphatic carbocycles. The molecule has 0 amide bonds. The molecule has 0 saturated heterocycles. The Labute approximate surface area is 123 Å². The van der Waals surface area contributed by atoms with E-state index in [9.17, 15) is 0 Å². The normalized spacial score (nSPS) is 13.5. The molecule has 0 aromatic heterocycles. The summed E-state index contributed by atoms with van der Waals surface area (Å²) in [7, 11) is 0. The van der Waals surface area contributed by atoms with Gasteiger partial charge in [-0.25, -0.2) is 0 Å². The van der Waals surface area contributed by atoms with Crippen molar-refractivity contribution >= 4 is 11.6 Å². The second-order valence-corrected chi connectivity index (χ2v) is 6.75. The molecule has 1 aromatic rings. The van der Waals surface area contributed by atoms with Crippen LogP contribution >= 0.6 is 11.6 Å². The van der Waals surface area contributed by atoms with Crippen molar-refractivity contribution in [1.82, 2.24) is 5.32 Å². The van der Waals surface area contributed by atoms with Gasteiger partial charge in [-0.15, -0.1) is 0 Å². The van der Waals surface area contributed by atoms with E-state index in [1.54, 1.807) is 0 Å². The maximum atomic E-state index is 6.35. The van der Waals surface area contributed by atoms with E-state index in [2.05, 4.69) is 45.1 Å². The van der Waals surface area contributed by atoms with Crippen LogP contribution in [0.4, 0.5) is 0 Å². The van der Waals surface area contributed by atoms with E-state index in [1.807, 2.05) is 12.1 Å². The van der Waals surface area contributed by atoms with Gasteiger partial charge in [-0.3, -0.25) is 0 Å². The Morgan fingerprint density at radius 2 is 1.84 bits per heavy atom. The minimum atomic E-state index is 0.157. The first-order valence-corrected chi connectivity index (χ1v) is 7.81. The van der Waals surface area contributed by atoms with Crippen molar-refractivity contribution in [2.24, 2.45) is 0 Å². The molecule has 2 heteroatoms. The molecule has 1 N–H and O–H groups in total. The Morgan fingerprint density at radius 3 is 2.42 bits per heavy atom. The summed E-state index contributed by atoms with van der Waals surface area (Å²) in [6.45, 7) is 9.88. The highest BCUT2D eigenvalue weighted by atomic mass is 35.5. The highest BCUT2D eigenvalue weighted by molar-refractivity contribution is 6.31. The lowest BCUT2D eigenvalue weighted by Gasteiger charge is -2.26. The Bertz CT molecular complexity index is 368. The van der Waals surface area contributed by atoms with E-state index in [-0.39, 0.29) is 5.54 Å². The Kier molecular flexibility index (Phi) is 6.88. The highest BCUT2D eigenvalue weighted by Crippen LogP contribution is 2.28. The predicted molar refractivity (Wildman–Crippen MR) is 86.1 cm³/mol. The largest absolute Gasteiger partial charge is 0.311 e. The zero-order valence-electron chi connectivity index (χ0n) is 12.8. The fraction of sp³-hybridized carbons (Fsp3) is 0.647. The molecule has 0 aliphatic heterocycles. The zero-order chi connectivity index (χ0) is 14.3. The molecular formula is C17H28ClN. The number of rotatable bonds is 7. The second kappa shape index (κ2) is 7.91. The molecule has 0 spiro atoms. The van der Waals surface area contributed by atoms with Crippen LogP contribution in [0, 0.1) is 0 Å². The summed E-state index contributed by atoms with van der Waals surface area (Å²) in [6, 6.07) is 8.27. The zero-order valence-corrected chi connectivity index (χ0v) is 13.6. The summed E-state index contributed by atoms with van der Waals surface area (Å²) < 4.78 is 0. The van der Waals surface area contributed by atoms with Gasteiger partial charge in [0.25, 0.3) is 0 Å². The van der Waals surface area contributed by atoms with E-state index in [4.69, 9.17) is 11.6 Å². The summed E-state index contributed by atoms with van der Waals surface area (Å²) in [4.78, 5) is 0. The van der Waals surface area contributed by atoms with Crippen molar-refractivity contribution in [2.75, 3.05) is 6.54 Å². The molecule has 0 fully saturated rings. The minimum absolute atomic E-state index is 0.157. The summed E-state index contributed by atoms with van der Waals surface area (Å²) in [5, 5.41) is 4.52. The lowest BCUT2D eigenvalue weighted by Crippen LogP contribution is -2.38. The van der Waals surface area contributed by atoms with Crippen LogP contribution in [-0.4, -0.2) is 12.1 Å². The topological polar surface area (TPSA) is 12.0 Å². The summed E-state index contributed by atoms with van der Waals surface area (Å²) in [6.07, 6.45) is 5.05. The first-order valence-electron chi connectivity index (χ1n) is 7.43. The van der Waals surface area contributed by atoms with Gasteiger partial charge in [0.15, 0.2) is 0 Å². The standard InChI is InChI=1S/C17H28ClN/c1-5-6-7-10-14(13-19-17(2,3)4)15-11-8-9-12-16(15)18/h8-9,11-12,14,19H,5-7,10,13H2,1-4H3. The quantitative estimate of drug-likeness (QED) is 0.661. The van der Waals surface area contributed by atoms with Crippen molar-refractivity contribution in [3.8, 4) is 0 Å². The van der Waals surface area contributed by atoms with E-state index < -0.39 is 0 Å². The van der Waals surface area contributed by atoms with Gasteiger partial charge in [0.2, 0.25) is 0 Å². The van der Waals surface area contributed by atoms with Crippen LogP contribution in [0.25, 0.3) is 0 Å². The van der Waals surface area contributed by atoms with E-state index in [0.29, 0.717) is 5.92 Å². The molecular weight excluding hydrogens is 254 g/mol. The third-order valence-corrected chi connectivity index (χ3v) is 3.72. The maximum Gasteiger partial charge on any atom is 0.0441 e. The fourth-order valence-corrected chi connectivity index (χ4v) is 2.53. The molecule has 1 nitrogen and oxygen atoms in total. The molecule has 1 unspecified atom stereocenters. The average Bonchev–Trinajstić information content (AvgIpc) is 2.33. The Morgan fingerprint density at radius 1 is 1.16 bits per heavy atom. The first kappa shape index (κ1) is 16.5. The van der Waals surface area contributed by atoms with Gasteiger partial charge in [-0.2, -0.15) is 0 Å². The number of unbranched alkanes of at least 4 members (excludes halogenated alkanes) is 2. The molecule has 1 atom stereocenters. The number of nitrogens with one attached hydrogen (secondary N) is 1. The van der Waals surface area contributed by atoms with E-state index in [1.165, 1.54) is 31.2 Å². The summed E-state index contributed by atoms with van der Waals surface area (Å²) >= 11 is 6.35. The minimum Gasteiger partial charge on any atom is -0.311 e. The molecule has 1 rings (SSSR count). The second-order valence-electron chi connectivity index (χ2n) is 6.35. The maximum absolute atomic E-state index is 6.35. The van der Waals surface area contributed by atoms with Crippen LogP contribution in [0.5, 0.6) is 0 Å². The lowest BCUT2D eigenvalue weighted by atomic mass is 9.92. The predicted octanol–water partition coefficient (Wildman–Crippen LogP) is 5.39. The van der Waals surface area contributed by atoms with Crippen molar-refractivity contribution < 1.29 is 0 Å². The molecule has 1 aromatic carbocycles. The van der Waals surface area contributed by atoms with Gasteiger partial charge in [0, 0.05) is 17.1 Å². The van der Waals surface area contributed by atoms with Crippen LogP contribution in [0.2, 0.25) is 5.02 Å². The van der Waals surface area contributed by atoms with Crippen molar-refractivity contribution in [1.29, 1.82) is 0 Å². The van der Waals surface area contributed by atoms with Gasteiger partial charge < -0.3 is 5.32 Å². The number of hydrogen-bond donors (Lipinski definition) is 1. The third-order valence-electron chi connectivity index (χ3n) is 3.38. The molecule has 0 saturated carbocycles. The van der Waals surface area contributed by atoms with Gasteiger partial charge in [-0.1, -0.05) is 56.0 Å². The van der Waals surface area contributed by atoms with Crippen molar-refractivity contribution in [3.63, 3.8) is 0 Å². The smallest absolute Gasteiger partial charge is 0.0441 e. The molecule has 19 heavy (non-hydrogen) atoms. The van der Waals surface area contributed by atoms with Gasteiger partial charge in [-0.05, 0) is 44.7 Å². The molecule has 0 bridgehead atoms. The molecule has 0 radical (unpaired) electrons.